The van der Waals surface area contributed by atoms with Crippen molar-refractivity contribution in [1.29, 1.82) is 0 Å². The molecule has 0 spiro atoms. The number of aromatic amines is 1. The van der Waals surface area contributed by atoms with Gasteiger partial charge in [0.15, 0.2) is 0 Å². The van der Waals surface area contributed by atoms with Crippen molar-refractivity contribution in [2.75, 3.05) is 79.5 Å². The average Bonchev–Trinajstić information content (AvgIpc) is 1.71. The maximum absolute atomic E-state index is 16.0. The largest absolute Gasteiger partial charge is 0.508 e. The SMILES string of the molecule is CCCC[C@H]1C(=O)N(C)[C@@H](CCCC)C(=O)N[C@@H](CC(C)C)C(=O)N[C@H](C(=O)NCC(N)=O)CSCC(=O)N[C@@H](Cc2ccc(O)cc2)C(=O)N(C)[C@@H](C)C(=O)N[C@@H](CC(N)=O)C(=O)N2CCC[C@H]2C(=O)N[C@@H](CNS(=O)(=O)N(C)C)C(=O)N[C@@H](CC(C)C)C(=O)N2C[C@H](O)C[C@H]2C(=O)N[C@@H](Cc2c[nH]c3ccccc23)C(=O)N[C@@H](CCN)C(=O)N[C@@H](Cc2cn(CC(=O)O)c3ccccc23)C(=O)N1C. The molecular weight excluding hydrogens is 1860 g/mol. The first-order valence-corrected chi connectivity index (χ1v) is 49.5. The van der Waals surface area contributed by atoms with Crippen LogP contribution in [0.1, 0.15) is 149 Å². The third-order valence-corrected chi connectivity index (χ3v) is 27.3. The van der Waals surface area contributed by atoms with Crippen LogP contribution >= 0.6 is 11.8 Å². The van der Waals surface area contributed by atoms with Crippen molar-refractivity contribution in [1.82, 2.24) is 96.2 Å². The van der Waals surface area contributed by atoms with Crippen molar-refractivity contribution in [2.45, 2.75) is 248 Å². The molecule has 8 rings (SSSR count). The minimum Gasteiger partial charge on any atom is -0.508 e. The van der Waals surface area contributed by atoms with Gasteiger partial charge < -0.3 is 120 Å². The Bertz CT molecular complexity index is 5400. The van der Waals surface area contributed by atoms with Gasteiger partial charge in [-0.1, -0.05) is 116 Å². The number of para-hydroxylation sites is 2. The number of carbonyl (C=O) groups is 18. The Labute approximate surface area is 816 Å². The Kier molecular flexibility index (Phi) is 42.1. The summed E-state index contributed by atoms with van der Waals surface area (Å²) in [6.07, 6.45) is 0.175. The molecule has 2 aromatic heterocycles. The van der Waals surface area contributed by atoms with Gasteiger partial charge >= 0.3 is 5.97 Å². The number of nitrogens with one attached hydrogen (secondary N) is 12. The third-order valence-electron chi connectivity index (χ3n) is 24.8. The molecule has 5 heterocycles. The van der Waals surface area contributed by atoms with Gasteiger partial charge in [-0.3, -0.25) is 86.3 Å². The Hall–Kier alpha value is -12.9. The zero-order chi connectivity index (χ0) is 103. The van der Waals surface area contributed by atoms with Crippen LogP contribution in [0.5, 0.6) is 5.75 Å². The summed E-state index contributed by atoms with van der Waals surface area (Å²) in [5, 5.41) is 59.3. The predicted molar refractivity (Wildman–Crippen MR) is 516 cm³/mol. The van der Waals surface area contributed by atoms with Crippen LogP contribution in [0.4, 0.5) is 0 Å². The van der Waals surface area contributed by atoms with Crippen LogP contribution in [0.3, 0.4) is 0 Å². The first-order valence-electron chi connectivity index (χ1n) is 46.9. The fourth-order valence-corrected chi connectivity index (χ4v) is 18.6. The Morgan fingerprint density at radius 2 is 1.11 bits per heavy atom. The van der Waals surface area contributed by atoms with Crippen LogP contribution in [0.15, 0.2) is 85.2 Å². The van der Waals surface area contributed by atoms with E-state index in [0.717, 1.165) is 54.7 Å². The predicted octanol–water partition coefficient (Wildman–Crippen LogP) is -2.80. The number of nitrogens with two attached hydrogens (primary N) is 3. The Morgan fingerprint density at radius 3 is 1.75 bits per heavy atom. The maximum Gasteiger partial charge on any atom is 0.323 e. The molecule has 3 saturated heterocycles. The van der Waals surface area contributed by atoms with E-state index in [4.69, 9.17) is 17.2 Å². The zero-order valence-corrected chi connectivity index (χ0v) is 82.7. The monoisotopic (exact) mass is 1990 g/mol. The first-order chi connectivity index (χ1) is 66.2. The number of aliphatic hydroxyl groups excluding tert-OH is 1. The summed E-state index contributed by atoms with van der Waals surface area (Å²) in [5.41, 5.74) is 19.6. The molecule has 0 aliphatic carbocycles. The molecule has 3 aromatic carbocycles. The molecule has 0 radical (unpaired) electrons. The summed E-state index contributed by atoms with van der Waals surface area (Å²) in [5.74, 6) is -19.9. The van der Waals surface area contributed by atoms with Gasteiger partial charge in [0.1, 0.15) is 96.9 Å². The molecule has 0 bridgehead atoms. The minimum atomic E-state index is -4.44. The van der Waals surface area contributed by atoms with Gasteiger partial charge in [-0.2, -0.15) is 17.4 Å². The number of unbranched alkanes of at least 4 members (excludes halogenated alkanes) is 2. The number of benzene rings is 3. The van der Waals surface area contributed by atoms with Crippen molar-refractivity contribution >= 4 is 150 Å². The molecule has 3 aliphatic heterocycles. The first kappa shape index (κ1) is 112. The molecule has 768 valence electrons. The molecule has 0 saturated carbocycles. The van der Waals surface area contributed by atoms with Crippen molar-refractivity contribution in [2.24, 2.45) is 29.0 Å². The molecule has 140 heavy (non-hydrogen) atoms. The summed E-state index contributed by atoms with van der Waals surface area (Å²) in [4.78, 5) is 273. The molecular formula is C93H136N22O23S2. The number of carbonyl (C=O) groups excluding carboxylic acids is 17. The van der Waals surface area contributed by atoms with Gasteiger partial charge in [0.25, 0.3) is 10.2 Å². The summed E-state index contributed by atoms with van der Waals surface area (Å²) in [6.45, 7) is 8.54. The van der Waals surface area contributed by atoms with Crippen LogP contribution in [0, 0.1) is 11.8 Å². The van der Waals surface area contributed by atoms with Crippen LogP contribution in [0.2, 0.25) is 0 Å². The van der Waals surface area contributed by atoms with Crippen LogP contribution < -0.4 is 75.1 Å². The summed E-state index contributed by atoms with van der Waals surface area (Å²) in [7, 11) is 1.75. The van der Waals surface area contributed by atoms with E-state index < -0.39 is 270 Å². The van der Waals surface area contributed by atoms with Crippen molar-refractivity contribution < 1.29 is 110 Å². The highest BCUT2D eigenvalue weighted by atomic mass is 32.2. The van der Waals surface area contributed by atoms with Crippen LogP contribution in [0.25, 0.3) is 21.8 Å². The number of phenols is 1. The van der Waals surface area contributed by atoms with Gasteiger partial charge in [-0.15, -0.1) is 11.8 Å². The fraction of sp³-hybridized carbons (Fsp3) is 0.570. The summed E-state index contributed by atoms with van der Waals surface area (Å²) >= 11 is 0.767. The number of rotatable bonds is 29. The minimum absolute atomic E-state index is 0.0113. The quantitative estimate of drug-likeness (QED) is 0.0230. The van der Waals surface area contributed by atoms with Gasteiger partial charge in [0.05, 0.1) is 24.8 Å². The van der Waals surface area contributed by atoms with E-state index >= 15 is 38.4 Å². The number of nitrogens with zero attached hydrogens (tertiary/aromatic N) is 7. The molecule has 17 amide bonds. The zero-order valence-electron chi connectivity index (χ0n) is 81.1. The molecule has 3 fully saturated rings. The van der Waals surface area contributed by atoms with Gasteiger partial charge in [-0.25, -0.2) is 0 Å². The second-order valence-electron chi connectivity index (χ2n) is 36.7. The highest BCUT2D eigenvalue weighted by Crippen LogP contribution is 2.29. The number of fused-ring (bicyclic) bond motifs is 4. The van der Waals surface area contributed by atoms with Gasteiger partial charge in [0.2, 0.25) is 100 Å². The lowest BCUT2D eigenvalue weighted by Gasteiger charge is -2.36. The van der Waals surface area contributed by atoms with E-state index in [1.807, 2.05) is 13.8 Å². The van der Waals surface area contributed by atoms with E-state index in [2.05, 4.69) is 62.9 Å². The average molecular weight is 1990 g/mol. The molecule has 21 N–H and O–H groups in total. The lowest BCUT2D eigenvalue weighted by molar-refractivity contribution is -0.149. The Balaban J connectivity index is 1.23. The van der Waals surface area contributed by atoms with Gasteiger partial charge in [0, 0.05) is 121 Å². The smallest absolute Gasteiger partial charge is 0.323 e. The molecule has 45 nitrogen and oxygen atoms in total. The number of aliphatic hydroxyl groups is 1. The highest BCUT2D eigenvalue weighted by molar-refractivity contribution is 8.00. The van der Waals surface area contributed by atoms with E-state index in [0.29, 0.717) is 64.2 Å². The number of phenolic OH excluding ortho intramolecular Hbond substituents is 1. The lowest BCUT2D eigenvalue weighted by atomic mass is 9.99. The number of hydrogen-bond donors (Lipinski definition) is 18. The molecule has 5 aromatic rings. The molecule has 3 aliphatic rings. The summed E-state index contributed by atoms with van der Waals surface area (Å²) in [6, 6.07) is -3.42. The van der Waals surface area contributed by atoms with Gasteiger partial charge in [-0.05, 0) is 111 Å². The highest BCUT2D eigenvalue weighted by Gasteiger charge is 2.47. The number of amides is 17. The number of aromatic nitrogens is 2. The second kappa shape index (κ2) is 52.4. The standard InChI is InChI=1S/C93H136N22O23S2/c1-13-15-25-72-86(129)102-63(36-51(3)4)83(126)108-70(81(124)98-45-77(96)119)49-139-50-78(120)100-66(38-54-29-31-57(116)32-30-54)89(132)110(10)53(7)80(123)104-68(42-76(95)118)91(134)114-35-21-28-73(114)87(130)107-69(44-99-140(137,138)109(8)9)85(128)105-65(37-52(5)6)92(135)115-47-58(117)41-75(115)88(131)103-64(39-55-43-97-61-24-19-17-22-59(55)61)84(127)101-62(33-34-94)82(125)106-67(90(133)112(12)74(26-16-14-2)93(136)111(72)11)40-56-46-113(48-79(121)122)71-27-20-18-23-60(56)71/h17-20,22-24,27,29-32,43,46,51-53,58,62-70,72-75,97,99,116-117H,13-16,21,25-26,28,33-42,44-45,47-50,94H2,1-12H3,(H2,95,118)(H2,96,119)(H,98,124)(H,100,120)(H,101,127)(H,102,129)(H,103,131)(H,104,123)(H,105,128)(H,106,125)(H,107,130)(H,108,126)(H,121,122)/t53-,58+,62-,63-,64-,65-,66-,67-,68-,69-,70-,72-,73-,74-,75-/m0/s1. The number of likely N-dealkylation sites (N-methyl/N-ethyl adjacent to an activating group) is 3. The normalized spacial score (nSPS) is 24.6. The second-order valence-corrected chi connectivity index (χ2v) is 39.7. The van der Waals surface area contributed by atoms with Crippen molar-refractivity contribution in [3.05, 3.63) is 102 Å². The van der Waals surface area contributed by atoms with E-state index in [9.17, 15) is 71.7 Å². The number of aromatic hydroxyl groups is 1. The number of carboxylic acid groups (broad SMARTS) is 1. The topological polar surface area (TPSA) is 653 Å². The van der Waals surface area contributed by atoms with Crippen LogP contribution in [-0.4, -0.2) is 339 Å². The van der Waals surface area contributed by atoms with E-state index in [1.54, 1.807) is 82.4 Å². The number of aliphatic carboxylic acids is 1. The number of H-pyrrole nitrogens is 1. The number of primary amides is 2. The number of carboxylic acids is 1. The molecule has 0 unspecified atom stereocenters. The maximum atomic E-state index is 16.0. The summed E-state index contributed by atoms with van der Waals surface area (Å²) < 4.78 is 31.3. The molecule has 15 atom stereocenters. The fourth-order valence-electron chi connectivity index (χ4n) is 17.1. The number of thioether (sulfide) groups is 1. The van der Waals surface area contributed by atoms with E-state index in [-0.39, 0.29) is 82.5 Å². The third kappa shape index (κ3) is 31.3. The van der Waals surface area contributed by atoms with Crippen molar-refractivity contribution in [3.63, 3.8) is 0 Å². The van der Waals surface area contributed by atoms with Crippen LogP contribution in [-0.2, 0) is 122 Å². The number of hydrogen-bond acceptors (Lipinski definition) is 24. The van der Waals surface area contributed by atoms with Crippen molar-refractivity contribution in [3.8, 4) is 5.75 Å². The Morgan fingerprint density at radius 1 is 0.571 bits per heavy atom. The lowest BCUT2D eigenvalue weighted by Crippen LogP contribution is -2.62. The van der Waals surface area contributed by atoms with E-state index in [1.165, 1.54) is 63.1 Å². The molecule has 47 heteroatoms.